The second-order valence-electron chi connectivity index (χ2n) is 4.41. The third-order valence-corrected chi connectivity index (χ3v) is 3.39. The molecule has 2 aromatic rings. The van der Waals surface area contributed by atoms with Crippen LogP contribution in [0, 0.1) is 0 Å². The van der Waals surface area contributed by atoms with E-state index in [1.165, 1.54) is 12.2 Å². The molecule has 0 aromatic heterocycles. The maximum atomic E-state index is 10.2. The van der Waals surface area contributed by atoms with Crippen molar-refractivity contribution in [3.8, 4) is 0 Å². The number of rotatable bonds is 4. The molecule has 0 unspecified atom stereocenters. The topological polar surface area (TPSA) is 114 Å². The smallest absolute Gasteiger partial charge is 0.744 e. The van der Waals surface area contributed by atoms with E-state index in [1.807, 2.05) is 12.1 Å². The van der Waals surface area contributed by atoms with Crippen molar-refractivity contribution in [1.29, 1.82) is 0 Å². The molecule has 0 heterocycles. The van der Waals surface area contributed by atoms with E-state index in [1.54, 1.807) is 48.5 Å². The van der Waals surface area contributed by atoms with Crippen molar-refractivity contribution in [1.82, 2.24) is 0 Å². The Bertz CT molecular complexity index is 813. The zero-order valence-electron chi connectivity index (χ0n) is 13.1. The van der Waals surface area contributed by atoms with Gasteiger partial charge in [0, 0.05) is 10.8 Å². The molecule has 0 atom stereocenters. The Balaban J connectivity index is 0.000000443. The molecule has 0 amide bonds. The van der Waals surface area contributed by atoms with Crippen LogP contribution in [0.3, 0.4) is 0 Å². The van der Waals surface area contributed by atoms with Crippen molar-refractivity contribution >= 4 is 81.3 Å². The van der Waals surface area contributed by atoms with Gasteiger partial charge in [0.25, 0.3) is 0 Å². The van der Waals surface area contributed by atoms with E-state index in [9.17, 15) is 25.9 Å². The van der Waals surface area contributed by atoms with Crippen molar-refractivity contribution in [3.05, 3.63) is 82.6 Å². The van der Waals surface area contributed by atoms with Crippen LogP contribution in [0.5, 0.6) is 0 Å². The molecule has 0 aliphatic rings. The molecule has 0 saturated carbocycles. The third-order valence-electron chi connectivity index (χ3n) is 2.45. The minimum Gasteiger partial charge on any atom is -0.744 e. The molecule has 9 heteroatoms. The van der Waals surface area contributed by atoms with E-state index in [0.29, 0.717) is 21.9 Å². The van der Waals surface area contributed by atoms with Crippen LogP contribution in [-0.4, -0.2) is 74.8 Å². The fourth-order valence-corrected chi connectivity index (χ4v) is 2.10. The molecule has 0 saturated heterocycles. The van der Waals surface area contributed by atoms with Crippen LogP contribution in [0.4, 0.5) is 0 Å². The maximum absolute atomic E-state index is 10.2. The summed E-state index contributed by atoms with van der Waals surface area (Å²) in [5, 5.41) is 1.28. The van der Waals surface area contributed by atoms with E-state index in [2.05, 4.69) is 0 Å². The molecule has 0 fully saturated rings. The summed E-state index contributed by atoms with van der Waals surface area (Å²) in [6.45, 7) is 0. The Morgan fingerprint density at radius 3 is 1.12 bits per heavy atom. The Morgan fingerprint density at radius 2 is 0.880 bits per heavy atom. The summed E-state index contributed by atoms with van der Waals surface area (Å²) in [6.07, 6.45) is 2.53. The van der Waals surface area contributed by atoms with Gasteiger partial charge >= 0.3 is 48.9 Å². The zero-order chi connectivity index (χ0) is 18.1. The Kier molecular flexibility index (Phi) is 11.5. The van der Waals surface area contributed by atoms with Gasteiger partial charge in [-0.2, -0.15) is 0 Å². The maximum Gasteiger partial charge on any atom is 2.00 e. The van der Waals surface area contributed by atoms with Crippen LogP contribution in [0.25, 0.3) is 12.2 Å². The Morgan fingerprint density at radius 1 is 0.600 bits per heavy atom. The van der Waals surface area contributed by atoms with Crippen LogP contribution in [0.1, 0.15) is 11.1 Å². The minimum atomic E-state index is -4.25. The quantitative estimate of drug-likeness (QED) is 0.466. The molecule has 2 rings (SSSR count). The Hall–Kier alpha value is -0.689. The predicted octanol–water partition coefficient (Wildman–Crippen LogP) is 2.02. The molecular formula is C16H14BaO6S2. The van der Waals surface area contributed by atoms with E-state index in [4.69, 9.17) is 0 Å². The summed E-state index contributed by atoms with van der Waals surface area (Å²) in [5.74, 6) is 0. The first-order chi connectivity index (χ1) is 11.2. The van der Waals surface area contributed by atoms with E-state index >= 15 is 0 Å². The van der Waals surface area contributed by atoms with Gasteiger partial charge in [0.15, 0.2) is 0 Å². The molecule has 0 spiro atoms. The van der Waals surface area contributed by atoms with Crippen molar-refractivity contribution in [2.45, 2.75) is 0 Å². The molecule has 25 heavy (non-hydrogen) atoms. The molecule has 0 aliphatic heterocycles. The predicted molar refractivity (Wildman–Crippen MR) is 96.1 cm³/mol. The fraction of sp³-hybridized carbons (Fsp3) is 0. The molecule has 6 nitrogen and oxygen atoms in total. The van der Waals surface area contributed by atoms with Crippen LogP contribution in [0.15, 0.2) is 71.5 Å². The van der Waals surface area contributed by atoms with Gasteiger partial charge in [-0.25, -0.2) is 16.8 Å². The van der Waals surface area contributed by atoms with Crippen LogP contribution >= 0.6 is 0 Å². The molecule has 0 bridgehead atoms. The third kappa shape index (κ3) is 14.2. The van der Waals surface area contributed by atoms with Crippen molar-refractivity contribution in [3.63, 3.8) is 0 Å². The monoisotopic (exact) mass is 504 g/mol. The average molecular weight is 504 g/mol. The fourth-order valence-electron chi connectivity index (χ4n) is 1.45. The Labute approximate surface area is 187 Å². The number of hydrogen-bond acceptors (Lipinski definition) is 6. The summed E-state index contributed by atoms with van der Waals surface area (Å²) >= 11 is 0. The summed E-state index contributed by atoms with van der Waals surface area (Å²) in [7, 11) is -8.51. The van der Waals surface area contributed by atoms with Gasteiger partial charge < -0.3 is 9.11 Å². The molecule has 128 valence electrons. The molecule has 0 aliphatic carbocycles. The second-order valence-corrected chi connectivity index (χ2v) is 6.93. The first kappa shape index (κ1) is 24.3. The number of benzene rings is 2. The number of hydrogen-bond donors (Lipinski definition) is 0. The van der Waals surface area contributed by atoms with Crippen LogP contribution < -0.4 is 0 Å². The van der Waals surface area contributed by atoms with Gasteiger partial charge in [0.2, 0.25) is 0 Å². The first-order valence-corrected chi connectivity index (χ1v) is 9.48. The minimum absolute atomic E-state index is 0. The normalized spacial score (nSPS) is 11.6. The van der Waals surface area contributed by atoms with Crippen LogP contribution in [0.2, 0.25) is 0 Å². The molecule has 0 radical (unpaired) electrons. The van der Waals surface area contributed by atoms with Gasteiger partial charge in [0.1, 0.15) is 20.2 Å². The summed E-state index contributed by atoms with van der Waals surface area (Å²) in [5.41, 5.74) is 1.38. The molecule has 2 aromatic carbocycles. The standard InChI is InChI=1S/2C8H8O3S.Ba/c2*9-12(10,11)7-6-8-4-2-1-3-5-8;/h2*1-7H,(H,9,10,11);/q;;+2/p-2. The first-order valence-electron chi connectivity index (χ1n) is 6.54. The van der Waals surface area contributed by atoms with Gasteiger partial charge in [-0.1, -0.05) is 60.7 Å². The molecular weight excluding hydrogens is 490 g/mol. The summed E-state index contributed by atoms with van der Waals surface area (Å²) in [6, 6.07) is 17.5. The zero-order valence-corrected chi connectivity index (χ0v) is 19.1. The molecule has 0 N–H and O–H groups in total. The average Bonchev–Trinajstić information content (AvgIpc) is 2.52. The van der Waals surface area contributed by atoms with E-state index in [-0.39, 0.29) is 48.9 Å². The van der Waals surface area contributed by atoms with Crippen LogP contribution in [-0.2, 0) is 20.2 Å². The van der Waals surface area contributed by atoms with Gasteiger partial charge in [0.05, 0.1) is 0 Å². The van der Waals surface area contributed by atoms with E-state index < -0.39 is 20.2 Å². The SMILES string of the molecule is O=S(=O)([O-])C=Cc1ccccc1.O=S(=O)([O-])C=Cc1ccccc1.[Ba+2]. The van der Waals surface area contributed by atoms with Crippen molar-refractivity contribution in [2.75, 3.05) is 0 Å². The second kappa shape index (κ2) is 11.8. The van der Waals surface area contributed by atoms with Crippen molar-refractivity contribution < 1.29 is 25.9 Å². The van der Waals surface area contributed by atoms with Crippen molar-refractivity contribution in [2.24, 2.45) is 0 Å². The summed E-state index contributed by atoms with van der Waals surface area (Å²) in [4.78, 5) is 0. The summed E-state index contributed by atoms with van der Waals surface area (Å²) < 4.78 is 61.0. The van der Waals surface area contributed by atoms with Gasteiger partial charge in [-0.05, 0) is 23.3 Å². The largest absolute Gasteiger partial charge is 2.00 e. The van der Waals surface area contributed by atoms with E-state index in [0.717, 1.165) is 0 Å². The van der Waals surface area contributed by atoms with Gasteiger partial charge in [-0.15, -0.1) is 0 Å². The van der Waals surface area contributed by atoms with Gasteiger partial charge in [-0.3, -0.25) is 0 Å².